The van der Waals surface area contributed by atoms with Gasteiger partial charge in [-0.3, -0.25) is 0 Å². The molecule has 0 bridgehead atoms. The molecule has 0 unspecified atom stereocenters. The topological polar surface area (TPSA) is 41.1 Å². The highest BCUT2D eigenvalue weighted by molar-refractivity contribution is 5.73. The minimum absolute atomic E-state index is 0.0437. The van der Waals surface area contributed by atoms with Gasteiger partial charge in [-0.05, 0) is 0 Å². The van der Waals surface area contributed by atoms with E-state index in [0.29, 0.717) is 0 Å². The van der Waals surface area contributed by atoms with Crippen molar-refractivity contribution in [1.29, 1.82) is 0 Å². The number of carbonyl (C=O) groups is 1. The number of carbonyl (C=O) groups excluding carboxylic acids is 1. The lowest BCUT2D eigenvalue weighted by atomic mass is 10.3. The zero-order valence-electron chi connectivity index (χ0n) is 13.0. The molecule has 0 aliphatic rings. The van der Waals surface area contributed by atoms with Crippen molar-refractivity contribution < 1.29 is 13.8 Å². The lowest BCUT2D eigenvalue weighted by Gasteiger charge is -2.24. The highest BCUT2D eigenvalue weighted by Crippen LogP contribution is 1.93. The van der Waals surface area contributed by atoms with Crippen molar-refractivity contribution in [3.63, 3.8) is 0 Å². The summed E-state index contributed by atoms with van der Waals surface area (Å²) in [6, 6.07) is -0.0437. The van der Waals surface area contributed by atoms with Crippen molar-refractivity contribution in [3.05, 3.63) is 0 Å². The molecular weight excluding hydrogens is 228 g/mol. The van der Waals surface area contributed by atoms with Gasteiger partial charge in [-0.2, -0.15) is 0 Å². The van der Waals surface area contributed by atoms with Crippen LogP contribution in [0.25, 0.3) is 0 Å². The normalized spacial score (nSPS) is 12.3. The highest BCUT2D eigenvalue weighted by Gasteiger charge is 2.08. The van der Waals surface area contributed by atoms with Crippen LogP contribution in [0.4, 0.5) is 4.79 Å². The van der Waals surface area contributed by atoms with Crippen LogP contribution < -0.4 is 10.6 Å². The summed E-state index contributed by atoms with van der Waals surface area (Å²) in [5.41, 5.74) is 0. The number of urea groups is 1. The Balaban J connectivity index is 3.44. The summed E-state index contributed by atoms with van der Waals surface area (Å²) in [5.74, 6) is 0. The molecule has 0 spiro atoms. The first-order valence-electron chi connectivity index (χ1n) is 6.73. The van der Waals surface area contributed by atoms with Crippen LogP contribution in [-0.4, -0.2) is 83.5 Å². The summed E-state index contributed by atoms with van der Waals surface area (Å²) in [6.07, 6.45) is 2.02. The molecule has 0 aliphatic carbocycles. The number of quaternary nitrogens is 2. The van der Waals surface area contributed by atoms with Crippen LogP contribution >= 0.6 is 0 Å². The van der Waals surface area contributed by atoms with E-state index in [-0.39, 0.29) is 6.03 Å². The molecule has 2 N–H and O–H groups in total. The van der Waals surface area contributed by atoms with Gasteiger partial charge in [0.1, 0.15) is 0 Å². The molecule has 18 heavy (non-hydrogen) atoms. The van der Waals surface area contributed by atoms with Crippen LogP contribution in [0, 0.1) is 0 Å². The first-order valence-corrected chi connectivity index (χ1v) is 6.73. The van der Waals surface area contributed by atoms with Crippen LogP contribution in [-0.2, 0) is 0 Å². The SMILES string of the molecule is C[N+](C)(C)CCCNC(=O)NCCC[N+](C)(C)C. The predicted molar refractivity (Wildman–Crippen MR) is 76.4 cm³/mol. The van der Waals surface area contributed by atoms with E-state index in [9.17, 15) is 4.79 Å². The third-order valence-electron chi connectivity index (χ3n) is 2.58. The largest absolute Gasteiger partial charge is 0.338 e. The molecule has 5 heteroatoms. The van der Waals surface area contributed by atoms with Gasteiger partial charge in [0, 0.05) is 25.9 Å². The summed E-state index contributed by atoms with van der Waals surface area (Å²) in [6.45, 7) is 3.64. The van der Waals surface area contributed by atoms with Crippen molar-refractivity contribution in [1.82, 2.24) is 10.6 Å². The second kappa shape index (κ2) is 7.59. The van der Waals surface area contributed by atoms with E-state index in [1.165, 1.54) is 0 Å². The standard InChI is InChI=1S/C13H31N4O/c1-16(2,3)11-7-9-14-13(18)15-10-8-12-17(4,5)6/h7-12H2,1-6H3,(H-,14,15,18)/q+1/p+1. The Morgan fingerprint density at radius 1 is 0.778 bits per heavy atom. The van der Waals surface area contributed by atoms with Crippen molar-refractivity contribution in [2.45, 2.75) is 12.8 Å². The number of rotatable bonds is 8. The number of hydrogen-bond acceptors (Lipinski definition) is 1. The Morgan fingerprint density at radius 3 is 1.39 bits per heavy atom. The first kappa shape index (κ1) is 17.2. The molecule has 0 atom stereocenters. The molecule has 5 nitrogen and oxygen atoms in total. The fraction of sp³-hybridized carbons (Fsp3) is 0.923. The van der Waals surface area contributed by atoms with Crippen LogP contribution in [0.15, 0.2) is 0 Å². The summed E-state index contributed by atoms with van der Waals surface area (Å²) < 4.78 is 1.87. The molecule has 0 aromatic heterocycles. The predicted octanol–water partition coefficient (Wildman–Crippen LogP) is 0.478. The van der Waals surface area contributed by atoms with Gasteiger partial charge in [-0.15, -0.1) is 0 Å². The molecule has 0 heterocycles. The molecule has 0 saturated heterocycles. The average Bonchev–Trinajstić information content (AvgIpc) is 2.17. The second-order valence-electron chi connectivity index (χ2n) is 6.92. The van der Waals surface area contributed by atoms with Crippen LogP contribution in [0.1, 0.15) is 12.8 Å². The molecule has 2 amide bonds. The summed E-state index contributed by atoms with van der Waals surface area (Å²) in [5, 5.41) is 5.78. The van der Waals surface area contributed by atoms with Crippen LogP contribution in [0.3, 0.4) is 0 Å². The van der Waals surface area contributed by atoms with Gasteiger partial charge in [0.25, 0.3) is 0 Å². The Bertz CT molecular complexity index is 216. The maximum atomic E-state index is 11.5. The third-order valence-corrected chi connectivity index (χ3v) is 2.58. The van der Waals surface area contributed by atoms with Crippen molar-refractivity contribution in [2.75, 3.05) is 68.5 Å². The average molecular weight is 260 g/mol. The Labute approximate surface area is 112 Å². The number of amides is 2. The molecule has 0 fully saturated rings. The van der Waals surface area contributed by atoms with Gasteiger partial charge >= 0.3 is 6.03 Å². The van der Waals surface area contributed by atoms with Gasteiger partial charge in [-0.25, -0.2) is 4.79 Å². The quantitative estimate of drug-likeness (QED) is 0.484. The highest BCUT2D eigenvalue weighted by atomic mass is 16.2. The molecule has 0 saturated carbocycles. The summed E-state index contributed by atoms with van der Waals surface area (Å²) in [4.78, 5) is 11.5. The van der Waals surface area contributed by atoms with E-state index in [1.807, 2.05) is 0 Å². The maximum Gasteiger partial charge on any atom is 0.314 e. The molecule has 0 radical (unpaired) electrons. The molecule has 108 valence electrons. The van der Waals surface area contributed by atoms with Gasteiger partial charge in [0.05, 0.1) is 55.4 Å². The van der Waals surface area contributed by atoms with Gasteiger partial charge in [0.2, 0.25) is 0 Å². The number of nitrogens with one attached hydrogen (secondary N) is 2. The zero-order chi connectivity index (χ0) is 14.2. The van der Waals surface area contributed by atoms with E-state index < -0.39 is 0 Å². The zero-order valence-corrected chi connectivity index (χ0v) is 13.0. The van der Waals surface area contributed by atoms with E-state index >= 15 is 0 Å². The van der Waals surface area contributed by atoms with E-state index in [0.717, 1.165) is 48.0 Å². The minimum Gasteiger partial charge on any atom is -0.338 e. The van der Waals surface area contributed by atoms with Gasteiger partial charge < -0.3 is 19.6 Å². The summed E-state index contributed by atoms with van der Waals surface area (Å²) in [7, 11) is 12.9. The monoisotopic (exact) mass is 260 g/mol. The lowest BCUT2D eigenvalue weighted by molar-refractivity contribution is -0.870. The van der Waals surface area contributed by atoms with Crippen molar-refractivity contribution in [3.8, 4) is 0 Å². The van der Waals surface area contributed by atoms with Crippen LogP contribution in [0.5, 0.6) is 0 Å². The first-order chi connectivity index (χ1) is 8.10. The van der Waals surface area contributed by atoms with Crippen molar-refractivity contribution >= 4 is 6.03 Å². The van der Waals surface area contributed by atoms with Gasteiger partial charge in [0.15, 0.2) is 0 Å². The fourth-order valence-corrected chi connectivity index (χ4v) is 1.57. The molecular formula is C13H32N4O+2. The maximum absolute atomic E-state index is 11.5. The third kappa shape index (κ3) is 13.3. The second-order valence-corrected chi connectivity index (χ2v) is 6.92. The van der Waals surface area contributed by atoms with Crippen LogP contribution in [0.2, 0.25) is 0 Å². The molecule has 0 aromatic carbocycles. The Kier molecular flexibility index (Phi) is 7.25. The number of nitrogens with zero attached hydrogens (tertiary/aromatic N) is 2. The Morgan fingerprint density at radius 2 is 1.11 bits per heavy atom. The summed E-state index contributed by atoms with van der Waals surface area (Å²) >= 11 is 0. The van der Waals surface area contributed by atoms with Gasteiger partial charge in [-0.1, -0.05) is 0 Å². The number of hydrogen-bond donors (Lipinski definition) is 2. The van der Waals surface area contributed by atoms with Crippen molar-refractivity contribution in [2.24, 2.45) is 0 Å². The fourth-order valence-electron chi connectivity index (χ4n) is 1.57. The van der Waals surface area contributed by atoms with E-state index in [2.05, 4.69) is 52.9 Å². The minimum atomic E-state index is -0.0437. The van der Waals surface area contributed by atoms with E-state index in [1.54, 1.807) is 0 Å². The molecule has 0 aliphatic heterocycles. The molecule has 0 rings (SSSR count). The lowest BCUT2D eigenvalue weighted by Crippen LogP contribution is -2.41. The molecule has 0 aromatic rings. The Hall–Kier alpha value is -0.810. The van der Waals surface area contributed by atoms with E-state index in [4.69, 9.17) is 0 Å². The smallest absolute Gasteiger partial charge is 0.314 e.